The van der Waals surface area contributed by atoms with Gasteiger partial charge in [-0.25, -0.2) is 12.8 Å². The number of nitrogen functional groups attached to an aromatic ring is 1. The van der Waals surface area contributed by atoms with Crippen LogP contribution < -0.4 is 10.5 Å². The van der Waals surface area contributed by atoms with Crippen LogP contribution in [0.25, 0.3) is 0 Å². The number of halogens is 5. The molecule has 0 bridgehead atoms. The van der Waals surface area contributed by atoms with Gasteiger partial charge in [-0.2, -0.15) is 0 Å². The van der Waals surface area contributed by atoms with E-state index in [0.29, 0.717) is 6.07 Å². The first-order chi connectivity index (χ1) is 7.52. The summed E-state index contributed by atoms with van der Waals surface area (Å²) in [6.45, 7) is 0. The standard InChI is InChI=1S/C7H4ClF4NO3S/c8-17(14,15)4-2-1-3(13)5(9)6(4)16-7(10,11)12/h1-2H,13H2. The topological polar surface area (TPSA) is 69.4 Å². The van der Waals surface area contributed by atoms with Crippen molar-refractivity contribution in [3.8, 4) is 5.75 Å². The molecule has 0 spiro atoms. The molecule has 0 fully saturated rings. The number of hydrogen-bond donors (Lipinski definition) is 1. The lowest BCUT2D eigenvalue weighted by Crippen LogP contribution is -2.19. The summed E-state index contributed by atoms with van der Waals surface area (Å²) in [5.74, 6) is -3.23. The van der Waals surface area contributed by atoms with Crippen LogP contribution in [0.5, 0.6) is 5.75 Å². The van der Waals surface area contributed by atoms with E-state index in [-0.39, 0.29) is 0 Å². The molecule has 2 N–H and O–H groups in total. The van der Waals surface area contributed by atoms with Gasteiger partial charge in [-0.15, -0.1) is 13.2 Å². The van der Waals surface area contributed by atoms with E-state index < -0.39 is 37.6 Å². The first-order valence-corrected chi connectivity index (χ1v) is 6.11. The van der Waals surface area contributed by atoms with Crippen LogP contribution in [-0.4, -0.2) is 14.8 Å². The van der Waals surface area contributed by atoms with Crippen molar-refractivity contribution in [1.82, 2.24) is 0 Å². The molecule has 0 heterocycles. The molecule has 0 radical (unpaired) electrons. The van der Waals surface area contributed by atoms with Crippen molar-refractivity contribution in [1.29, 1.82) is 0 Å². The first kappa shape index (κ1) is 13.8. The van der Waals surface area contributed by atoms with Gasteiger partial charge in [0.1, 0.15) is 4.90 Å². The molecule has 10 heteroatoms. The second-order valence-corrected chi connectivity index (χ2v) is 5.32. The third-order valence-electron chi connectivity index (χ3n) is 1.57. The smallest absolute Gasteiger partial charge is 0.401 e. The zero-order valence-electron chi connectivity index (χ0n) is 7.75. The summed E-state index contributed by atoms with van der Waals surface area (Å²) in [7, 11) is 0.241. The highest BCUT2D eigenvalue weighted by atomic mass is 35.7. The van der Waals surface area contributed by atoms with Crippen molar-refractivity contribution in [3.63, 3.8) is 0 Å². The van der Waals surface area contributed by atoms with Gasteiger partial charge in [0.05, 0.1) is 5.69 Å². The fourth-order valence-electron chi connectivity index (χ4n) is 0.956. The molecule has 0 aliphatic heterocycles. The van der Waals surface area contributed by atoms with Crippen LogP contribution in [0.15, 0.2) is 17.0 Å². The zero-order valence-corrected chi connectivity index (χ0v) is 9.33. The van der Waals surface area contributed by atoms with Crippen LogP contribution in [0.1, 0.15) is 0 Å². The van der Waals surface area contributed by atoms with Crippen molar-refractivity contribution in [2.75, 3.05) is 5.73 Å². The van der Waals surface area contributed by atoms with Gasteiger partial charge in [0.25, 0.3) is 9.05 Å². The average Bonchev–Trinajstić information content (AvgIpc) is 2.08. The van der Waals surface area contributed by atoms with Crippen LogP contribution in [0, 0.1) is 5.82 Å². The Bertz CT molecular complexity index is 543. The highest BCUT2D eigenvalue weighted by Gasteiger charge is 2.36. The molecule has 0 saturated heterocycles. The Labute approximate surface area is 97.3 Å². The fourth-order valence-corrected chi connectivity index (χ4v) is 1.90. The van der Waals surface area contributed by atoms with Gasteiger partial charge in [0.2, 0.25) is 0 Å². The van der Waals surface area contributed by atoms with Crippen LogP contribution in [0.4, 0.5) is 23.2 Å². The number of ether oxygens (including phenoxy) is 1. The van der Waals surface area contributed by atoms with Gasteiger partial charge in [0, 0.05) is 10.7 Å². The van der Waals surface area contributed by atoms with E-state index in [1.54, 1.807) is 0 Å². The van der Waals surface area contributed by atoms with Crippen molar-refractivity contribution in [3.05, 3.63) is 17.9 Å². The number of alkyl halides is 3. The quantitative estimate of drug-likeness (QED) is 0.516. The van der Waals surface area contributed by atoms with Crippen molar-refractivity contribution >= 4 is 25.4 Å². The normalized spacial score (nSPS) is 12.5. The van der Waals surface area contributed by atoms with Gasteiger partial charge in [-0.3, -0.25) is 0 Å². The van der Waals surface area contributed by atoms with Gasteiger partial charge in [0.15, 0.2) is 11.6 Å². The highest BCUT2D eigenvalue weighted by molar-refractivity contribution is 8.13. The van der Waals surface area contributed by atoms with Gasteiger partial charge >= 0.3 is 6.36 Å². The first-order valence-electron chi connectivity index (χ1n) is 3.81. The van der Waals surface area contributed by atoms with Crippen LogP contribution in [0.3, 0.4) is 0 Å². The summed E-state index contributed by atoms with van der Waals surface area (Å²) in [5, 5.41) is 0. The van der Waals surface area contributed by atoms with E-state index >= 15 is 0 Å². The minimum Gasteiger partial charge on any atom is -0.401 e. The molecule has 0 saturated carbocycles. The highest BCUT2D eigenvalue weighted by Crippen LogP contribution is 2.36. The Balaban J connectivity index is 3.48. The summed E-state index contributed by atoms with van der Waals surface area (Å²) in [6, 6.07) is 1.37. The van der Waals surface area contributed by atoms with Gasteiger partial charge in [-0.1, -0.05) is 0 Å². The summed E-state index contributed by atoms with van der Waals surface area (Å²) in [5.41, 5.74) is 4.29. The van der Waals surface area contributed by atoms with E-state index in [1.165, 1.54) is 0 Å². The molecular formula is C7H4ClF4NO3S. The molecule has 0 aromatic heterocycles. The molecule has 0 atom stereocenters. The SMILES string of the molecule is Nc1ccc(S(=O)(=O)Cl)c(OC(F)(F)F)c1F. The second-order valence-electron chi connectivity index (χ2n) is 2.78. The number of benzene rings is 1. The number of anilines is 1. The van der Waals surface area contributed by atoms with Crippen LogP contribution in [-0.2, 0) is 9.05 Å². The van der Waals surface area contributed by atoms with E-state index in [1.807, 2.05) is 0 Å². The molecule has 1 aromatic rings. The molecule has 0 aliphatic carbocycles. The summed E-state index contributed by atoms with van der Waals surface area (Å²) in [6.07, 6.45) is -5.27. The molecule has 4 nitrogen and oxygen atoms in total. The molecule has 0 unspecified atom stereocenters. The van der Waals surface area contributed by atoms with Crippen molar-refractivity contribution in [2.45, 2.75) is 11.3 Å². The number of nitrogens with two attached hydrogens (primary N) is 1. The van der Waals surface area contributed by atoms with E-state index in [9.17, 15) is 26.0 Å². The van der Waals surface area contributed by atoms with Crippen LogP contribution >= 0.6 is 10.7 Å². The Hall–Kier alpha value is -1.22. The van der Waals surface area contributed by atoms with E-state index in [4.69, 9.17) is 16.4 Å². The van der Waals surface area contributed by atoms with Crippen molar-refractivity contribution in [2.24, 2.45) is 0 Å². The monoisotopic (exact) mass is 293 g/mol. The lowest BCUT2D eigenvalue weighted by molar-refractivity contribution is -0.276. The average molecular weight is 294 g/mol. The summed E-state index contributed by atoms with van der Waals surface area (Å²) < 4.78 is 74.2. The summed E-state index contributed by atoms with van der Waals surface area (Å²) >= 11 is 0. The predicted molar refractivity (Wildman–Crippen MR) is 50.5 cm³/mol. The second kappa shape index (κ2) is 4.22. The third kappa shape index (κ3) is 3.37. The van der Waals surface area contributed by atoms with Gasteiger partial charge < -0.3 is 10.5 Å². The summed E-state index contributed by atoms with van der Waals surface area (Å²) in [4.78, 5) is -1.15. The third-order valence-corrected chi connectivity index (χ3v) is 2.92. The Morgan fingerprint density at radius 2 is 1.82 bits per heavy atom. The Morgan fingerprint density at radius 3 is 2.24 bits per heavy atom. The molecule has 0 amide bonds. The minimum absolute atomic E-state index is 0.613. The maximum absolute atomic E-state index is 13.2. The minimum atomic E-state index is -5.27. The van der Waals surface area contributed by atoms with Crippen molar-refractivity contribution < 1.29 is 30.7 Å². The van der Waals surface area contributed by atoms with E-state index in [0.717, 1.165) is 6.07 Å². The maximum atomic E-state index is 13.2. The maximum Gasteiger partial charge on any atom is 0.573 e. The van der Waals surface area contributed by atoms with Crippen LogP contribution in [0.2, 0.25) is 0 Å². The lowest BCUT2D eigenvalue weighted by Gasteiger charge is -2.13. The Morgan fingerprint density at radius 1 is 1.29 bits per heavy atom. The molecule has 1 rings (SSSR count). The zero-order chi connectivity index (χ0) is 13.4. The van der Waals surface area contributed by atoms with E-state index in [2.05, 4.69) is 4.74 Å². The fraction of sp³-hybridized carbons (Fsp3) is 0.143. The predicted octanol–water partition coefficient (Wildman–Crippen LogP) is 2.23. The Kier molecular flexibility index (Phi) is 3.44. The van der Waals surface area contributed by atoms with Gasteiger partial charge in [-0.05, 0) is 12.1 Å². The largest absolute Gasteiger partial charge is 0.573 e. The number of hydrogen-bond acceptors (Lipinski definition) is 4. The number of rotatable bonds is 2. The molecular weight excluding hydrogens is 290 g/mol. The molecule has 1 aromatic carbocycles. The molecule has 0 aliphatic rings. The molecule has 17 heavy (non-hydrogen) atoms. The molecule has 96 valence electrons. The lowest BCUT2D eigenvalue weighted by atomic mass is 10.3.